The molecule has 3 nitrogen and oxygen atoms in total. The summed E-state index contributed by atoms with van der Waals surface area (Å²) in [7, 11) is 1.85. The van der Waals surface area contributed by atoms with Crippen LogP contribution in [0.4, 0.5) is 4.39 Å². The zero-order chi connectivity index (χ0) is 18.3. The first-order valence-electron chi connectivity index (χ1n) is 9.90. The van der Waals surface area contributed by atoms with Crippen molar-refractivity contribution in [1.82, 2.24) is 9.80 Å². The Labute approximate surface area is 160 Å². The van der Waals surface area contributed by atoms with Crippen molar-refractivity contribution in [2.75, 3.05) is 26.7 Å². The highest BCUT2D eigenvalue weighted by molar-refractivity contribution is 6.31. The van der Waals surface area contributed by atoms with E-state index in [1.165, 1.54) is 25.7 Å². The Morgan fingerprint density at radius 1 is 1.31 bits per heavy atom. The first-order valence-corrected chi connectivity index (χ1v) is 10.3. The molecule has 3 aliphatic rings. The van der Waals surface area contributed by atoms with Crippen LogP contribution in [-0.4, -0.2) is 42.4 Å². The van der Waals surface area contributed by atoms with Crippen LogP contribution in [0.2, 0.25) is 5.02 Å². The van der Waals surface area contributed by atoms with E-state index in [-0.39, 0.29) is 24.7 Å². The first-order chi connectivity index (χ1) is 12.4. The molecule has 0 unspecified atom stereocenters. The number of likely N-dealkylation sites (tertiary alicyclic amines) is 1. The Kier molecular flexibility index (Phi) is 5.00. The van der Waals surface area contributed by atoms with Gasteiger partial charge in [0.25, 0.3) is 0 Å². The molecule has 0 spiro atoms. The van der Waals surface area contributed by atoms with Gasteiger partial charge < -0.3 is 4.90 Å². The number of nitrogens with zero attached hydrogens (tertiary/aromatic N) is 2. The Balaban J connectivity index is 1.36. The molecular weight excluding hydrogens is 351 g/mol. The van der Waals surface area contributed by atoms with Crippen LogP contribution in [0.5, 0.6) is 0 Å². The Bertz CT molecular complexity index is 679. The quantitative estimate of drug-likeness (QED) is 0.733. The van der Waals surface area contributed by atoms with E-state index in [9.17, 15) is 4.79 Å². The number of amides is 1. The summed E-state index contributed by atoms with van der Waals surface area (Å²) >= 11 is 6.44. The van der Waals surface area contributed by atoms with Gasteiger partial charge >= 0.3 is 0 Å². The highest BCUT2D eigenvalue weighted by Crippen LogP contribution is 2.50. The zero-order valence-electron chi connectivity index (χ0n) is 15.5. The molecule has 0 N–H and O–H groups in total. The predicted octanol–water partition coefficient (Wildman–Crippen LogP) is 4.38. The SMILES string of the molecule is CN(CC1CC1)C(=O)C1CC(F)(c2ccc(CN3CCCC3)c(Cl)c2)C1. The van der Waals surface area contributed by atoms with Crippen molar-refractivity contribution in [1.29, 1.82) is 0 Å². The average molecular weight is 379 g/mol. The van der Waals surface area contributed by atoms with Gasteiger partial charge in [-0.1, -0.05) is 23.7 Å². The number of hydrogen-bond acceptors (Lipinski definition) is 2. The molecule has 0 aromatic heterocycles. The van der Waals surface area contributed by atoms with Gasteiger partial charge in [-0.25, -0.2) is 4.39 Å². The summed E-state index contributed by atoms with van der Waals surface area (Å²) in [6, 6.07) is 5.61. The van der Waals surface area contributed by atoms with Crippen molar-refractivity contribution in [2.45, 2.75) is 50.7 Å². The molecule has 1 saturated heterocycles. The molecule has 1 aromatic rings. The smallest absolute Gasteiger partial charge is 0.225 e. The number of carbonyl (C=O) groups is 1. The Morgan fingerprint density at radius 3 is 2.62 bits per heavy atom. The molecule has 2 aliphatic carbocycles. The van der Waals surface area contributed by atoms with E-state index in [2.05, 4.69) is 4.90 Å². The molecule has 3 fully saturated rings. The molecule has 142 valence electrons. The van der Waals surface area contributed by atoms with Gasteiger partial charge in [-0.2, -0.15) is 0 Å². The second kappa shape index (κ2) is 7.12. The van der Waals surface area contributed by atoms with Crippen LogP contribution in [-0.2, 0) is 17.0 Å². The van der Waals surface area contributed by atoms with Gasteiger partial charge in [-0.05, 0) is 74.7 Å². The molecular formula is C21H28ClFN2O. The first kappa shape index (κ1) is 18.2. The summed E-state index contributed by atoms with van der Waals surface area (Å²) in [5, 5.41) is 0.645. The highest BCUT2D eigenvalue weighted by Gasteiger charge is 2.50. The van der Waals surface area contributed by atoms with Gasteiger partial charge in [0, 0.05) is 31.1 Å². The number of hydrogen-bond donors (Lipinski definition) is 0. The fraction of sp³-hybridized carbons (Fsp3) is 0.667. The fourth-order valence-electron chi connectivity index (χ4n) is 4.36. The lowest BCUT2D eigenvalue weighted by Gasteiger charge is -2.42. The number of halogens is 2. The topological polar surface area (TPSA) is 23.6 Å². The van der Waals surface area contributed by atoms with E-state index in [1.54, 1.807) is 11.0 Å². The van der Waals surface area contributed by atoms with Crippen molar-refractivity contribution in [3.63, 3.8) is 0 Å². The third-order valence-corrected chi connectivity index (χ3v) is 6.61. The van der Waals surface area contributed by atoms with E-state index in [1.807, 2.05) is 19.2 Å². The van der Waals surface area contributed by atoms with Gasteiger partial charge in [0.15, 0.2) is 0 Å². The molecule has 1 aliphatic heterocycles. The average Bonchev–Trinajstić information content (AvgIpc) is 3.25. The number of alkyl halides is 1. The van der Waals surface area contributed by atoms with E-state index < -0.39 is 5.67 Å². The van der Waals surface area contributed by atoms with Gasteiger partial charge in [0.05, 0.1) is 0 Å². The largest absolute Gasteiger partial charge is 0.345 e. The monoisotopic (exact) mass is 378 g/mol. The maximum atomic E-state index is 15.3. The lowest BCUT2D eigenvalue weighted by Crippen LogP contribution is -2.46. The van der Waals surface area contributed by atoms with Crippen LogP contribution in [0, 0.1) is 11.8 Å². The fourth-order valence-corrected chi connectivity index (χ4v) is 4.60. The summed E-state index contributed by atoms with van der Waals surface area (Å²) in [5.41, 5.74) is 0.287. The number of benzene rings is 1. The Hall–Kier alpha value is -1.13. The molecule has 26 heavy (non-hydrogen) atoms. The van der Waals surface area contributed by atoms with Gasteiger partial charge in [0.2, 0.25) is 5.91 Å². The number of carbonyl (C=O) groups excluding carboxylic acids is 1. The third-order valence-electron chi connectivity index (χ3n) is 6.26. The number of rotatable bonds is 6. The van der Waals surface area contributed by atoms with Crippen LogP contribution in [0.15, 0.2) is 18.2 Å². The molecule has 2 saturated carbocycles. The van der Waals surface area contributed by atoms with Crippen molar-refractivity contribution >= 4 is 17.5 Å². The molecule has 0 radical (unpaired) electrons. The maximum Gasteiger partial charge on any atom is 0.225 e. The standard InChI is InChI=1S/C21H28ClFN2O/c1-24(13-15-4-5-15)20(26)17-11-21(23,12-17)18-7-6-16(19(22)10-18)14-25-8-2-3-9-25/h6-7,10,15,17H,2-5,8-9,11-14H2,1H3. The molecule has 4 rings (SSSR count). The molecule has 0 bridgehead atoms. The van der Waals surface area contributed by atoms with Gasteiger partial charge in [-0.15, -0.1) is 0 Å². The Morgan fingerprint density at radius 2 is 2.00 bits per heavy atom. The molecule has 1 amide bonds. The summed E-state index contributed by atoms with van der Waals surface area (Å²) in [6.45, 7) is 3.89. The minimum absolute atomic E-state index is 0.0990. The van der Waals surface area contributed by atoms with Crippen LogP contribution >= 0.6 is 11.6 Å². The summed E-state index contributed by atoms with van der Waals surface area (Å²) in [6.07, 6.45) is 5.49. The minimum Gasteiger partial charge on any atom is -0.345 e. The predicted molar refractivity (Wildman–Crippen MR) is 102 cm³/mol. The van der Waals surface area contributed by atoms with Crippen LogP contribution in [0.1, 0.15) is 49.7 Å². The maximum absolute atomic E-state index is 15.3. The molecule has 0 atom stereocenters. The van der Waals surface area contributed by atoms with Crippen LogP contribution in [0.3, 0.4) is 0 Å². The van der Waals surface area contributed by atoms with Crippen molar-refractivity contribution in [3.8, 4) is 0 Å². The van der Waals surface area contributed by atoms with E-state index in [0.29, 0.717) is 16.5 Å². The van der Waals surface area contributed by atoms with E-state index in [4.69, 9.17) is 11.6 Å². The third kappa shape index (κ3) is 3.77. The minimum atomic E-state index is -1.41. The summed E-state index contributed by atoms with van der Waals surface area (Å²) in [5.74, 6) is 0.579. The van der Waals surface area contributed by atoms with Crippen molar-refractivity contribution in [2.24, 2.45) is 11.8 Å². The van der Waals surface area contributed by atoms with Crippen molar-refractivity contribution < 1.29 is 9.18 Å². The zero-order valence-corrected chi connectivity index (χ0v) is 16.3. The lowest BCUT2D eigenvalue weighted by atomic mass is 9.68. The molecule has 5 heteroatoms. The normalized spacial score (nSPS) is 28.8. The van der Waals surface area contributed by atoms with Gasteiger partial charge in [-0.3, -0.25) is 9.69 Å². The summed E-state index contributed by atoms with van der Waals surface area (Å²) in [4.78, 5) is 16.6. The van der Waals surface area contributed by atoms with E-state index in [0.717, 1.165) is 31.7 Å². The summed E-state index contributed by atoms with van der Waals surface area (Å²) < 4.78 is 15.3. The van der Waals surface area contributed by atoms with Crippen molar-refractivity contribution in [3.05, 3.63) is 34.3 Å². The van der Waals surface area contributed by atoms with Crippen LogP contribution in [0.25, 0.3) is 0 Å². The molecule has 1 heterocycles. The molecule has 1 aromatic carbocycles. The van der Waals surface area contributed by atoms with Gasteiger partial charge in [0.1, 0.15) is 5.67 Å². The van der Waals surface area contributed by atoms with Crippen LogP contribution < -0.4 is 0 Å². The highest BCUT2D eigenvalue weighted by atomic mass is 35.5. The lowest BCUT2D eigenvalue weighted by molar-refractivity contribution is -0.144. The van der Waals surface area contributed by atoms with E-state index >= 15 is 4.39 Å². The second-order valence-corrected chi connectivity index (χ2v) is 8.93. The second-order valence-electron chi connectivity index (χ2n) is 8.52.